The fourth-order valence-electron chi connectivity index (χ4n) is 5.46. The van der Waals surface area contributed by atoms with Crippen molar-refractivity contribution in [2.24, 2.45) is 23.7 Å². The maximum absolute atomic E-state index is 4.80. The molecule has 2 heteroatoms. The maximum atomic E-state index is 4.80. The second-order valence-corrected chi connectivity index (χ2v) is 11.2. The Balaban J connectivity index is 1.68. The highest BCUT2D eigenvalue weighted by atomic mass is 31.1. The number of fused-ring (bicyclic) bond motifs is 2. The van der Waals surface area contributed by atoms with Gasteiger partial charge in [-0.25, -0.2) is 0 Å². The lowest BCUT2D eigenvalue weighted by Gasteiger charge is -2.45. The Labute approximate surface area is 142 Å². The van der Waals surface area contributed by atoms with Crippen molar-refractivity contribution in [1.29, 1.82) is 0 Å². The average Bonchev–Trinajstić information content (AvgIpc) is 3.16. The first kappa shape index (κ1) is 15.8. The van der Waals surface area contributed by atoms with E-state index >= 15 is 0 Å². The topological polar surface area (TPSA) is 12.9 Å². The molecule has 1 aliphatic heterocycles. The maximum Gasteiger partial charge on any atom is 0.0483 e. The van der Waals surface area contributed by atoms with Crippen LogP contribution in [0.2, 0.25) is 0 Å². The van der Waals surface area contributed by atoms with Crippen molar-refractivity contribution in [3.05, 3.63) is 42.2 Å². The number of nitrogens with zero attached hydrogens (tertiary/aromatic N) is 1. The Bertz CT molecular complexity index is 566. The number of pyridine rings is 1. The third-order valence-corrected chi connectivity index (χ3v) is 10.4. The molecule has 1 nitrogen and oxygen atoms in total. The quantitative estimate of drug-likeness (QED) is 0.488. The summed E-state index contributed by atoms with van der Waals surface area (Å²) in [6.07, 6.45) is 12.9. The van der Waals surface area contributed by atoms with Crippen LogP contribution in [0.3, 0.4) is 0 Å². The van der Waals surface area contributed by atoms with Crippen molar-refractivity contribution in [1.82, 2.24) is 4.98 Å². The molecular weight excluding hydrogens is 297 g/mol. The second-order valence-electron chi connectivity index (χ2n) is 8.39. The van der Waals surface area contributed by atoms with Crippen LogP contribution in [0.1, 0.15) is 57.8 Å². The smallest absolute Gasteiger partial charge is 0.0483 e. The van der Waals surface area contributed by atoms with Crippen LogP contribution in [-0.2, 0) is 0 Å². The molecule has 2 heterocycles. The number of allylic oxidation sites excluding steroid dienone is 2. The molecule has 2 bridgehead atoms. The van der Waals surface area contributed by atoms with Crippen molar-refractivity contribution in [2.75, 3.05) is 0 Å². The SMILES string of the molecule is CC(C)[C@@H]1CC[C@@H](C)CC1P1C2C=CC(C2)C1c1ccccn1. The number of hydrogen-bond donors (Lipinski definition) is 0. The van der Waals surface area contributed by atoms with Gasteiger partial charge in [-0.3, -0.25) is 4.98 Å². The minimum absolute atomic E-state index is 0.0356. The zero-order chi connectivity index (χ0) is 16.0. The third-order valence-electron chi connectivity index (χ3n) is 6.56. The Kier molecular flexibility index (Phi) is 4.35. The molecule has 0 amide bonds. The molecule has 2 aliphatic carbocycles. The molecule has 7 atom stereocenters. The van der Waals surface area contributed by atoms with Gasteiger partial charge < -0.3 is 0 Å². The van der Waals surface area contributed by atoms with Crippen molar-refractivity contribution >= 4 is 7.92 Å². The number of rotatable bonds is 3. The van der Waals surface area contributed by atoms with E-state index in [-0.39, 0.29) is 7.92 Å². The highest BCUT2D eigenvalue weighted by Gasteiger charge is 2.51. The van der Waals surface area contributed by atoms with Crippen molar-refractivity contribution in [2.45, 2.75) is 63.4 Å². The normalized spacial score (nSPS) is 42.5. The van der Waals surface area contributed by atoms with Crippen molar-refractivity contribution in [3.63, 3.8) is 0 Å². The molecule has 3 aliphatic rings. The fraction of sp³-hybridized carbons (Fsp3) is 0.667. The van der Waals surface area contributed by atoms with Crippen LogP contribution >= 0.6 is 7.92 Å². The van der Waals surface area contributed by atoms with E-state index in [1.165, 1.54) is 31.4 Å². The first-order valence-electron chi connectivity index (χ1n) is 9.52. The second kappa shape index (κ2) is 6.32. The minimum atomic E-state index is 0.0356. The van der Waals surface area contributed by atoms with E-state index < -0.39 is 0 Å². The Hall–Kier alpha value is -0.680. The lowest BCUT2D eigenvalue weighted by Crippen LogP contribution is -2.33. The van der Waals surface area contributed by atoms with Crippen LogP contribution in [0.5, 0.6) is 0 Å². The number of aromatic nitrogens is 1. The van der Waals surface area contributed by atoms with Gasteiger partial charge in [-0.1, -0.05) is 53.3 Å². The van der Waals surface area contributed by atoms with Gasteiger partial charge in [0.25, 0.3) is 0 Å². The molecule has 1 aromatic rings. The molecule has 1 saturated carbocycles. The molecule has 1 saturated heterocycles. The Morgan fingerprint density at radius 1 is 1.13 bits per heavy atom. The summed E-state index contributed by atoms with van der Waals surface area (Å²) in [4.78, 5) is 4.80. The van der Waals surface area contributed by atoms with Gasteiger partial charge in [-0.15, -0.1) is 0 Å². The predicted octanol–water partition coefficient (Wildman–Crippen LogP) is 6.02. The van der Waals surface area contributed by atoms with Gasteiger partial charge in [0.2, 0.25) is 0 Å². The molecule has 0 radical (unpaired) electrons. The van der Waals surface area contributed by atoms with Crippen LogP contribution in [0, 0.1) is 23.7 Å². The van der Waals surface area contributed by atoms with Crippen LogP contribution in [0.15, 0.2) is 36.5 Å². The molecule has 23 heavy (non-hydrogen) atoms. The molecule has 0 spiro atoms. The first-order valence-corrected chi connectivity index (χ1v) is 11.1. The van der Waals surface area contributed by atoms with Gasteiger partial charge in [0, 0.05) is 17.5 Å². The van der Waals surface area contributed by atoms with Crippen LogP contribution in [-0.4, -0.2) is 16.3 Å². The van der Waals surface area contributed by atoms with Crippen molar-refractivity contribution in [3.8, 4) is 0 Å². The first-order chi connectivity index (χ1) is 11.1. The molecule has 5 unspecified atom stereocenters. The summed E-state index contributed by atoms with van der Waals surface area (Å²) in [7, 11) is 0.0356. The van der Waals surface area contributed by atoms with Gasteiger partial charge in [0.15, 0.2) is 0 Å². The van der Waals surface area contributed by atoms with Crippen molar-refractivity contribution < 1.29 is 0 Å². The van der Waals surface area contributed by atoms with Crippen LogP contribution in [0.4, 0.5) is 0 Å². The average molecular weight is 327 g/mol. The summed E-state index contributed by atoms with van der Waals surface area (Å²) >= 11 is 0. The highest BCUT2D eigenvalue weighted by Crippen LogP contribution is 2.74. The predicted molar refractivity (Wildman–Crippen MR) is 100 cm³/mol. The summed E-state index contributed by atoms with van der Waals surface area (Å²) in [5.41, 5.74) is 3.95. The third kappa shape index (κ3) is 2.80. The Morgan fingerprint density at radius 2 is 2.00 bits per heavy atom. The fourth-order valence-corrected chi connectivity index (χ4v) is 10.2. The summed E-state index contributed by atoms with van der Waals surface area (Å²) in [5.74, 6) is 3.47. The van der Waals surface area contributed by atoms with Gasteiger partial charge in [-0.2, -0.15) is 0 Å². The molecule has 0 aromatic carbocycles. The molecule has 0 N–H and O–H groups in total. The minimum Gasteiger partial charge on any atom is -0.261 e. The highest BCUT2D eigenvalue weighted by molar-refractivity contribution is 7.60. The summed E-state index contributed by atoms with van der Waals surface area (Å²) in [6, 6.07) is 6.55. The largest absolute Gasteiger partial charge is 0.261 e. The standard InChI is InChI=1S/C21H30NP/c1-14(2)18-10-7-15(3)12-20(18)23-17-9-8-16(13-17)21(23)19-6-4-5-11-22-19/h4-6,8-9,11,14-18,20-21H,7,10,12-13H2,1-3H3/t15-,16?,17?,18+,20?,21?,23?/m1/s1. The summed E-state index contributed by atoms with van der Waals surface area (Å²) < 4.78 is 0. The summed E-state index contributed by atoms with van der Waals surface area (Å²) in [6.45, 7) is 7.41. The molecule has 2 fully saturated rings. The van der Waals surface area contributed by atoms with Gasteiger partial charge >= 0.3 is 0 Å². The van der Waals surface area contributed by atoms with E-state index in [1.54, 1.807) is 0 Å². The zero-order valence-electron chi connectivity index (χ0n) is 14.7. The Morgan fingerprint density at radius 3 is 2.74 bits per heavy atom. The van der Waals surface area contributed by atoms with E-state index in [9.17, 15) is 0 Å². The molecule has 124 valence electrons. The lowest BCUT2D eigenvalue weighted by molar-refractivity contribution is 0.240. The van der Waals surface area contributed by atoms with E-state index in [0.717, 1.165) is 40.6 Å². The van der Waals surface area contributed by atoms with Gasteiger partial charge in [-0.05, 0) is 66.4 Å². The number of hydrogen-bond acceptors (Lipinski definition) is 1. The van der Waals surface area contributed by atoms with Gasteiger partial charge in [0.05, 0.1) is 0 Å². The monoisotopic (exact) mass is 327 g/mol. The molecular formula is C21H30NP. The summed E-state index contributed by atoms with van der Waals surface area (Å²) in [5, 5.41) is 0. The van der Waals surface area contributed by atoms with E-state index in [4.69, 9.17) is 4.98 Å². The van der Waals surface area contributed by atoms with E-state index in [0.29, 0.717) is 0 Å². The van der Waals surface area contributed by atoms with E-state index in [2.05, 4.69) is 51.1 Å². The molecule has 1 aromatic heterocycles. The van der Waals surface area contributed by atoms with Crippen LogP contribution < -0.4 is 0 Å². The van der Waals surface area contributed by atoms with E-state index in [1.807, 2.05) is 6.20 Å². The zero-order valence-corrected chi connectivity index (χ0v) is 15.6. The van der Waals surface area contributed by atoms with Gasteiger partial charge in [0.1, 0.15) is 0 Å². The lowest BCUT2D eigenvalue weighted by atomic mass is 9.77. The van der Waals surface area contributed by atoms with Crippen LogP contribution in [0.25, 0.3) is 0 Å². The molecule has 4 rings (SSSR count).